The molecule has 0 saturated carbocycles. The van der Waals surface area contributed by atoms with E-state index in [9.17, 15) is 9.59 Å². The van der Waals surface area contributed by atoms with Crippen LogP contribution in [-0.2, 0) is 0 Å². The van der Waals surface area contributed by atoms with Crippen molar-refractivity contribution in [2.24, 2.45) is 0 Å². The molecule has 0 atom stereocenters. The zero-order valence-corrected chi connectivity index (χ0v) is 14.2. The smallest absolute Gasteiger partial charge is 0.349 e. The van der Waals surface area contributed by atoms with Gasteiger partial charge >= 0.3 is 5.63 Å². The Bertz CT molecular complexity index is 807. The molecule has 0 aliphatic carbocycles. The van der Waals surface area contributed by atoms with Crippen molar-refractivity contribution in [1.29, 1.82) is 0 Å². The van der Waals surface area contributed by atoms with Crippen LogP contribution in [0.4, 0.5) is 0 Å². The third-order valence-corrected chi connectivity index (χ3v) is 4.46. The lowest BCUT2D eigenvalue weighted by Gasteiger charge is -2.33. The van der Waals surface area contributed by atoms with Gasteiger partial charge in [-0.05, 0) is 24.3 Å². The van der Waals surface area contributed by atoms with Gasteiger partial charge in [0.25, 0.3) is 5.91 Å². The van der Waals surface area contributed by atoms with Crippen molar-refractivity contribution in [2.75, 3.05) is 32.7 Å². The Morgan fingerprint density at radius 3 is 2.70 bits per heavy atom. The summed E-state index contributed by atoms with van der Waals surface area (Å²) in [5.41, 5.74) is -0.0170. The van der Waals surface area contributed by atoms with Gasteiger partial charge in [-0.3, -0.25) is 9.69 Å². The van der Waals surface area contributed by atoms with Gasteiger partial charge in [0, 0.05) is 42.6 Å². The van der Waals surface area contributed by atoms with Crippen molar-refractivity contribution in [2.45, 2.75) is 0 Å². The predicted molar refractivity (Wildman–Crippen MR) is 92.7 cm³/mol. The number of carbonyl (C=O) groups is 1. The molecular weight excluding hydrogens is 360 g/mol. The fourth-order valence-corrected chi connectivity index (χ4v) is 3.11. The van der Waals surface area contributed by atoms with E-state index in [1.165, 1.54) is 0 Å². The monoisotopic (exact) mass is 376 g/mol. The Balaban J connectivity index is 1.85. The average molecular weight is 377 g/mol. The number of benzene rings is 1. The van der Waals surface area contributed by atoms with Crippen LogP contribution >= 0.6 is 15.9 Å². The molecule has 2 aromatic rings. The summed E-state index contributed by atoms with van der Waals surface area (Å²) in [5.74, 6) is -0.265. The van der Waals surface area contributed by atoms with Gasteiger partial charge in [-0.25, -0.2) is 4.79 Å². The standard InChI is InChI=1S/C17H17BrN2O3/c1-2-5-19-6-8-20(9-7-19)16(21)14-11-12-10-13(18)3-4-15(12)23-17(14)22/h2-4,10-11H,1,5-9H2. The van der Waals surface area contributed by atoms with Crippen LogP contribution in [0.2, 0.25) is 0 Å². The lowest BCUT2D eigenvalue weighted by molar-refractivity contribution is 0.0646. The molecule has 1 aromatic heterocycles. The molecule has 6 heteroatoms. The Kier molecular flexibility index (Phi) is 4.63. The van der Waals surface area contributed by atoms with Crippen LogP contribution in [-0.4, -0.2) is 48.4 Å². The Morgan fingerprint density at radius 1 is 1.26 bits per heavy atom. The molecular formula is C17H17BrN2O3. The molecule has 23 heavy (non-hydrogen) atoms. The molecule has 1 aliphatic rings. The van der Waals surface area contributed by atoms with E-state index in [0.29, 0.717) is 18.7 Å². The summed E-state index contributed by atoms with van der Waals surface area (Å²) >= 11 is 3.38. The Labute approximate surface area is 142 Å². The number of piperazine rings is 1. The highest BCUT2D eigenvalue weighted by molar-refractivity contribution is 9.10. The van der Waals surface area contributed by atoms with Crippen LogP contribution in [0.3, 0.4) is 0 Å². The maximum absolute atomic E-state index is 12.6. The van der Waals surface area contributed by atoms with Crippen molar-refractivity contribution in [3.8, 4) is 0 Å². The van der Waals surface area contributed by atoms with Gasteiger partial charge in [0.15, 0.2) is 0 Å². The SMILES string of the molecule is C=CCN1CCN(C(=O)c2cc3cc(Br)ccc3oc2=O)CC1. The number of halogens is 1. The summed E-state index contributed by atoms with van der Waals surface area (Å²) in [7, 11) is 0. The minimum atomic E-state index is -0.585. The molecule has 120 valence electrons. The highest BCUT2D eigenvalue weighted by Crippen LogP contribution is 2.20. The summed E-state index contributed by atoms with van der Waals surface area (Å²) in [6, 6.07) is 6.95. The first-order valence-electron chi connectivity index (χ1n) is 7.44. The van der Waals surface area contributed by atoms with Gasteiger partial charge in [0.05, 0.1) is 0 Å². The predicted octanol–water partition coefficient (Wildman–Crippen LogP) is 2.50. The first kappa shape index (κ1) is 16.0. The topological polar surface area (TPSA) is 53.8 Å². The average Bonchev–Trinajstić information content (AvgIpc) is 2.55. The molecule has 0 spiro atoms. The first-order chi connectivity index (χ1) is 11.1. The second kappa shape index (κ2) is 6.68. The van der Waals surface area contributed by atoms with Gasteiger partial charge in [-0.1, -0.05) is 22.0 Å². The van der Waals surface area contributed by atoms with Gasteiger partial charge in [-0.2, -0.15) is 0 Å². The molecule has 2 heterocycles. The summed E-state index contributed by atoms with van der Waals surface area (Å²) in [5, 5.41) is 0.729. The Morgan fingerprint density at radius 2 is 2.00 bits per heavy atom. The van der Waals surface area contributed by atoms with E-state index in [4.69, 9.17) is 4.42 Å². The van der Waals surface area contributed by atoms with E-state index in [2.05, 4.69) is 27.4 Å². The zero-order chi connectivity index (χ0) is 16.4. The Hall–Kier alpha value is -1.92. The maximum Gasteiger partial charge on any atom is 0.349 e. The molecule has 1 aliphatic heterocycles. The largest absolute Gasteiger partial charge is 0.422 e. The van der Waals surface area contributed by atoms with Crippen LogP contribution in [0.25, 0.3) is 11.0 Å². The van der Waals surface area contributed by atoms with Crippen LogP contribution in [0, 0.1) is 0 Å². The molecule has 0 N–H and O–H groups in total. The van der Waals surface area contributed by atoms with Crippen LogP contribution in [0.1, 0.15) is 10.4 Å². The summed E-state index contributed by atoms with van der Waals surface area (Å²) < 4.78 is 6.14. The third-order valence-electron chi connectivity index (χ3n) is 3.97. The molecule has 1 fully saturated rings. The molecule has 5 nitrogen and oxygen atoms in total. The number of hydrogen-bond donors (Lipinski definition) is 0. The van der Waals surface area contributed by atoms with Crippen molar-refractivity contribution in [3.05, 3.63) is 57.4 Å². The lowest BCUT2D eigenvalue weighted by Crippen LogP contribution is -2.49. The minimum absolute atomic E-state index is 0.0905. The summed E-state index contributed by atoms with van der Waals surface area (Å²) in [6.07, 6.45) is 1.85. The van der Waals surface area contributed by atoms with Crippen LogP contribution in [0.5, 0.6) is 0 Å². The highest BCUT2D eigenvalue weighted by atomic mass is 79.9. The number of carbonyl (C=O) groups excluding carboxylic acids is 1. The van der Waals surface area contributed by atoms with Gasteiger partial charge in [-0.15, -0.1) is 6.58 Å². The normalized spacial score (nSPS) is 15.8. The van der Waals surface area contributed by atoms with E-state index in [0.717, 1.165) is 29.5 Å². The molecule has 0 unspecified atom stereocenters. The van der Waals surface area contributed by atoms with E-state index in [1.54, 1.807) is 23.1 Å². The van der Waals surface area contributed by atoms with Crippen molar-refractivity contribution < 1.29 is 9.21 Å². The quantitative estimate of drug-likeness (QED) is 0.609. The van der Waals surface area contributed by atoms with E-state index < -0.39 is 5.63 Å². The van der Waals surface area contributed by atoms with Crippen molar-refractivity contribution >= 4 is 32.8 Å². The number of hydrogen-bond acceptors (Lipinski definition) is 4. The van der Waals surface area contributed by atoms with Crippen LogP contribution in [0.15, 0.2) is 50.6 Å². The maximum atomic E-state index is 12.6. The minimum Gasteiger partial charge on any atom is -0.422 e. The fourth-order valence-electron chi connectivity index (χ4n) is 2.73. The van der Waals surface area contributed by atoms with E-state index in [1.807, 2.05) is 12.1 Å². The van der Waals surface area contributed by atoms with E-state index in [-0.39, 0.29) is 11.5 Å². The second-order valence-corrected chi connectivity index (χ2v) is 6.43. The zero-order valence-electron chi connectivity index (χ0n) is 12.6. The summed E-state index contributed by atoms with van der Waals surface area (Å²) in [6.45, 7) is 7.30. The van der Waals surface area contributed by atoms with Crippen molar-refractivity contribution in [1.82, 2.24) is 9.80 Å². The highest BCUT2D eigenvalue weighted by Gasteiger charge is 2.24. The number of rotatable bonds is 3. The first-order valence-corrected chi connectivity index (χ1v) is 8.24. The number of amides is 1. The van der Waals surface area contributed by atoms with Gasteiger partial charge < -0.3 is 9.32 Å². The van der Waals surface area contributed by atoms with Gasteiger partial charge in [0.2, 0.25) is 0 Å². The molecule has 1 saturated heterocycles. The molecule has 1 amide bonds. The van der Waals surface area contributed by atoms with E-state index >= 15 is 0 Å². The van der Waals surface area contributed by atoms with Crippen LogP contribution < -0.4 is 5.63 Å². The fraction of sp³-hybridized carbons (Fsp3) is 0.294. The molecule has 0 radical (unpaired) electrons. The second-order valence-electron chi connectivity index (χ2n) is 5.51. The molecule has 0 bridgehead atoms. The number of nitrogens with zero attached hydrogens (tertiary/aromatic N) is 2. The molecule has 3 rings (SSSR count). The van der Waals surface area contributed by atoms with Crippen molar-refractivity contribution in [3.63, 3.8) is 0 Å². The summed E-state index contributed by atoms with van der Waals surface area (Å²) in [4.78, 5) is 28.7. The third kappa shape index (κ3) is 3.38. The van der Waals surface area contributed by atoms with Gasteiger partial charge in [0.1, 0.15) is 11.1 Å². The lowest BCUT2D eigenvalue weighted by atomic mass is 10.1. The number of fused-ring (bicyclic) bond motifs is 1. The molecule has 1 aromatic carbocycles.